The van der Waals surface area contributed by atoms with Gasteiger partial charge in [-0.3, -0.25) is 20.2 Å². The zero-order valence-electron chi connectivity index (χ0n) is 14.2. The molecule has 12 heteroatoms. The first-order valence-corrected chi connectivity index (χ1v) is 7.08. The third-order valence-electron chi connectivity index (χ3n) is 3.41. The highest BCUT2D eigenvalue weighted by Gasteiger charge is 2.40. The van der Waals surface area contributed by atoms with Crippen LogP contribution in [0.2, 0.25) is 0 Å². The normalized spacial score (nSPS) is 13.0. The Labute approximate surface area is 145 Å². The molecule has 0 amide bonds. The van der Waals surface area contributed by atoms with Crippen molar-refractivity contribution in [1.82, 2.24) is 0 Å². The van der Waals surface area contributed by atoms with Crippen molar-refractivity contribution in [3.63, 3.8) is 0 Å². The number of carbonyl (C=O) groups is 1. The van der Waals surface area contributed by atoms with Crippen molar-refractivity contribution in [2.45, 2.75) is 33.0 Å². The fraction of sp³-hybridized carbons (Fsp3) is 0.500. The van der Waals surface area contributed by atoms with E-state index in [0.717, 1.165) is 7.11 Å². The molecular weight excluding hydrogens is 363 g/mol. The molecule has 0 saturated heterocycles. The molecule has 0 aliphatic heterocycles. The highest BCUT2D eigenvalue weighted by Crippen LogP contribution is 2.42. The van der Waals surface area contributed by atoms with Gasteiger partial charge in [0.15, 0.2) is 5.69 Å². The summed E-state index contributed by atoms with van der Waals surface area (Å²) in [6.45, 7) is 4.63. The standard InChI is InChI=1S/C14H16F3N3O6/c1-13(2,3)11(12(21)26-4)18-10-8(19(22)23)5-7(14(15,16)17)6-9(10)20(24)25/h5-6,11,18H,1-4H3. The van der Waals surface area contributed by atoms with E-state index in [0.29, 0.717) is 0 Å². The molecule has 26 heavy (non-hydrogen) atoms. The maximum Gasteiger partial charge on any atom is 0.416 e. The molecular formula is C14H16F3N3O6. The average Bonchev–Trinajstić information content (AvgIpc) is 2.48. The van der Waals surface area contributed by atoms with E-state index in [-0.39, 0.29) is 12.1 Å². The zero-order chi connectivity index (χ0) is 20.4. The third kappa shape index (κ3) is 4.58. The fourth-order valence-electron chi connectivity index (χ4n) is 2.10. The minimum Gasteiger partial charge on any atom is -0.467 e. The molecule has 0 fully saturated rings. The molecule has 1 rings (SSSR count). The maximum atomic E-state index is 12.9. The largest absolute Gasteiger partial charge is 0.467 e. The fourth-order valence-corrected chi connectivity index (χ4v) is 2.10. The van der Waals surface area contributed by atoms with Gasteiger partial charge in [-0.25, -0.2) is 4.79 Å². The molecule has 0 aliphatic rings. The van der Waals surface area contributed by atoms with Crippen molar-refractivity contribution < 1.29 is 32.5 Å². The van der Waals surface area contributed by atoms with E-state index in [2.05, 4.69) is 10.1 Å². The van der Waals surface area contributed by atoms with Crippen LogP contribution < -0.4 is 5.32 Å². The quantitative estimate of drug-likeness (QED) is 0.471. The number of nitrogens with one attached hydrogen (secondary N) is 1. The molecule has 0 heterocycles. The van der Waals surface area contributed by atoms with Gasteiger partial charge in [-0.15, -0.1) is 0 Å². The van der Waals surface area contributed by atoms with E-state index >= 15 is 0 Å². The molecule has 1 unspecified atom stereocenters. The van der Waals surface area contributed by atoms with Gasteiger partial charge in [-0.05, 0) is 5.41 Å². The number of hydrogen-bond donors (Lipinski definition) is 1. The first-order chi connectivity index (χ1) is 11.7. The summed E-state index contributed by atoms with van der Waals surface area (Å²) in [7, 11) is 1.04. The first-order valence-electron chi connectivity index (χ1n) is 7.08. The number of nitrogens with zero attached hydrogens (tertiary/aromatic N) is 2. The van der Waals surface area contributed by atoms with Gasteiger partial charge >= 0.3 is 12.1 Å². The molecule has 0 bridgehead atoms. The number of methoxy groups -OCH3 is 1. The van der Waals surface area contributed by atoms with Crippen LogP contribution in [-0.2, 0) is 15.7 Å². The number of esters is 1. The summed E-state index contributed by atoms with van der Waals surface area (Å²) in [5, 5.41) is 24.7. The lowest BCUT2D eigenvalue weighted by Crippen LogP contribution is -2.42. The van der Waals surface area contributed by atoms with Crippen LogP contribution in [-0.4, -0.2) is 29.0 Å². The van der Waals surface area contributed by atoms with Gasteiger partial charge in [0, 0.05) is 12.1 Å². The van der Waals surface area contributed by atoms with Crippen LogP contribution in [0.3, 0.4) is 0 Å². The smallest absolute Gasteiger partial charge is 0.416 e. The predicted molar refractivity (Wildman–Crippen MR) is 83.6 cm³/mol. The number of ether oxygens (including phenoxy) is 1. The second-order valence-electron chi connectivity index (χ2n) is 6.37. The molecule has 144 valence electrons. The lowest BCUT2D eigenvalue weighted by atomic mass is 9.86. The third-order valence-corrected chi connectivity index (χ3v) is 3.41. The van der Waals surface area contributed by atoms with Crippen molar-refractivity contribution in [1.29, 1.82) is 0 Å². The van der Waals surface area contributed by atoms with Crippen LogP contribution in [0.4, 0.5) is 30.2 Å². The van der Waals surface area contributed by atoms with Crippen molar-refractivity contribution in [2.24, 2.45) is 5.41 Å². The molecule has 1 aromatic carbocycles. The molecule has 0 aliphatic carbocycles. The van der Waals surface area contributed by atoms with Gasteiger partial charge in [0.05, 0.1) is 22.5 Å². The molecule has 1 aromatic rings. The Kier molecular flexibility index (Phi) is 5.80. The number of hydrogen-bond acceptors (Lipinski definition) is 7. The van der Waals surface area contributed by atoms with E-state index in [1.807, 2.05) is 0 Å². The summed E-state index contributed by atoms with van der Waals surface area (Å²) in [4.78, 5) is 32.0. The van der Waals surface area contributed by atoms with Gasteiger partial charge in [-0.1, -0.05) is 20.8 Å². The molecule has 0 spiro atoms. The Balaban J connectivity index is 3.70. The number of alkyl halides is 3. The molecule has 9 nitrogen and oxygen atoms in total. The minimum atomic E-state index is -5.03. The molecule has 1 atom stereocenters. The van der Waals surface area contributed by atoms with E-state index in [4.69, 9.17) is 0 Å². The van der Waals surface area contributed by atoms with Crippen molar-refractivity contribution in [3.8, 4) is 0 Å². The summed E-state index contributed by atoms with van der Waals surface area (Å²) < 4.78 is 43.3. The van der Waals surface area contributed by atoms with E-state index in [1.165, 1.54) is 0 Å². The first kappa shape index (κ1) is 21.1. The molecule has 0 saturated carbocycles. The second kappa shape index (κ2) is 7.14. The monoisotopic (exact) mass is 379 g/mol. The lowest BCUT2D eigenvalue weighted by Gasteiger charge is -2.29. The number of benzene rings is 1. The van der Waals surface area contributed by atoms with Crippen LogP contribution >= 0.6 is 0 Å². The van der Waals surface area contributed by atoms with Gasteiger partial charge in [0.2, 0.25) is 0 Å². The summed E-state index contributed by atoms with van der Waals surface area (Å²) in [5.74, 6) is -0.888. The van der Waals surface area contributed by atoms with E-state index in [1.54, 1.807) is 20.8 Å². The van der Waals surface area contributed by atoms with E-state index in [9.17, 15) is 38.2 Å². The van der Waals surface area contributed by atoms with Crippen LogP contribution in [0.5, 0.6) is 0 Å². The molecule has 0 radical (unpaired) electrons. The Morgan fingerprint density at radius 3 is 1.81 bits per heavy atom. The van der Waals surface area contributed by atoms with Crippen LogP contribution in [0.15, 0.2) is 12.1 Å². The topological polar surface area (TPSA) is 125 Å². The van der Waals surface area contributed by atoms with Crippen molar-refractivity contribution in [2.75, 3.05) is 12.4 Å². The number of nitro groups is 2. The van der Waals surface area contributed by atoms with Gasteiger partial charge in [0.25, 0.3) is 11.4 Å². The van der Waals surface area contributed by atoms with E-state index < -0.39 is 56.1 Å². The highest BCUT2D eigenvalue weighted by molar-refractivity contribution is 5.84. The summed E-state index contributed by atoms with van der Waals surface area (Å²) in [5.41, 5.74) is -5.63. The number of halogens is 3. The SMILES string of the molecule is COC(=O)C(Nc1c([N+](=O)[O-])cc(C(F)(F)F)cc1[N+](=O)[O-])C(C)(C)C. The van der Waals surface area contributed by atoms with Gasteiger partial charge < -0.3 is 10.1 Å². The van der Waals surface area contributed by atoms with Crippen molar-refractivity contribution in [3.05, 3.63) is 37.9 Å². The Morgan fingerprint density at radius 2 is 1.54 bits per heavy atom. The summed E-state index contributed by atoms with van der Waals surface area (Å²) in [6, 6.07) is -0.944. The number of carbonyl (C=O) groups excluding carboxylic acids is 1. The number of nitro benzene ring substituents is 2. The van der Waals surface area contributed by atoms with Gasteiger partial charge in [0.1, 0.15) is 6.04 Å². The number of rotatable bonds is 5. The van der Waals surface area contributed by atoms with Crippen LogP contribution in [0.1, 0.15) is 26.3 Å². The average molecular weight is 379 g/mol. The maximum absolute atomic E-state index is 12.9. The summed E-state index contributed by atoms with van der Waals surface area (Å²) in [6.07, 6.45) is -5.03. The molecule has 0 aromatic heterocycles. The predicted octanol–water partition coefficient (Wildman–Crippen LogP) is 3.52. The summed E-state index contributed by atoms with van der Waals surface area (Å²) >= 11 is 0. The van der Waals surface area contributed by atoms with Crippen molar-refractivity contribution >= 4 is 23.0 Å². The Morgan fingerprint density at radius 1 is 1.12 bits per heavy atom. The van der Waals surface area contributed by atoms with Crippen LogP contribution in [0, 0.1) is 25.6 Å². The minimum absolute atomic E-state index is 0.173. The zero-order valence-corrected chi connectivity index (χ0v) is 14.2. The van der Waals surface area contributed by atoms with Crippen LogP contribution in [0.25, 0.3) is 0 Å². The van der Waals surface area contributed by atoms with Gasteiger partial charge in [-0.2, -0.15) is 13.2 Å². The Hall–Kier alpha value is -2.92. The highest BCUT2D eigenvalue weighted by atomic mass is 19.4. The molecule has 1 N–H and O–H groups in total. The second-order valence-corrected chi connectivity index (χ2v) is 6.37. The lowest BCUT2D eigenvalue weighted by molar-refractivity contribution is -0.392. The Bertz CT molecular complexity index is 707. The number of anilines is 1.